The van der Waals surface area contributed by atoms with Crippen molar-refractivity contribution in [3.05, 3.63) is 33.3 Å². The summed E-state index contributed by atoms with van der Waals surface area (Å²) < 4.78 is 3.18. The van der Waals surface area contributed by atoms with Crippen LogP contribution in [-0.4, -0.2) is 25.5 Å². The van der Waals surface area contributed by atoms with Gasteiger partial charge in [0.1, 0.15) is 0 Å². The molecule has 2 N–H and O–H groups in total. The Balaban J connectivity index is 2.56. The molecule has 2 nitrogen and oxygen atoms in total. The van der Waals surface area contributed by atoms with Gasteiger partial charge in [0, 0.05) is 0 Å². The Morgan fingerprint density at radius 2 is 2.08 bits per heavy atom. The summed E-state index contributed by atoms with van der Waals surface area (Å²) in [6.07, 6.45) is 1.95. The normalized spacial score (nSPS) is 14.0. The van der Waals surface area contributed by atoms with Crippen molar-refractivity contribution in [2.75, 3.05) is 0 Å². The van der Waals surface area contributed by atoms with Gasteiger partial charge >= 0.3 is 78.7 Å². The van der Waals surface area contributed by atoms with Crippen LogP contribution in [0.3, 0.4) is 0 Å². The fraction of sp³-hybridized carbons (Fsp3) is 0. The second-order valence-corrected chi connectivity index (χ2v) is 10.1. The Morgan fingerprint density at radius 3 is 2.83 bits per heavy atom. The molecular formula is C9H8InNO. The summed E-state index contributed by atoms with van der Waals surface area (Å²) >= 11 is -2.30. The van der Waals surface area contributed by atoms with Crippen LogP contribution >= 0.6 is 0 Å². The van der Waals surface area contributed by atoms with Crippen molar-refractivity contribution >= 4 is 34.9 Å². The second kappa shape index (κ2) is 2.98. The molecule has 2 rings (SSSR count). The average Bonchev–Trinajstić information content (AvgIpc) is 2.40. The summed E-state index contributed by atoms with van der Waals surface area (Å²) in [5.74, 6) is 0. The van der Waals surface area contributed by atoms with Crippen molar-refractivity contribution in [3.63, 3.8) is 0 Å². The van der Waals surface area contributed by atoms with Crippen LogP contribution in [0.4, 0.5) is 0 Å². The second-order valence-electron chi connectivity index (χ2n) is 2.89. The molecule has 0 spiro atoms. The Morgan fingerprint density at radius 1 is 1.33 bits per heavy atom. The van der Waals surface area contributed by atoms with E-state index in [0.29, 0.717) is 0 Å². The Bertz CT molecular complexity index is 359. The molecule has 1 heterocycles. The van der Waals surface area contributed by atoms with Crippen LogP contribution in [-0.2, 0) is 4.79 Å². The zero-order valence-electron chi connectivity index (χ0n) is 6.53. The number of rotatable bonds is 1. The summed E-state index contributed by atoms with van der Waals surface area (Å²) in [5, 5.41) is 0. The zero-order valence-corrected chi connectivity index (χ0v) is 9.82. The molecule has 0 amide bonds. The number of hydrogen-bond donors (Lipinski definition) is 1. The molecule has 0 fully saturated rings. The number of carbonyl (C=O) groups is 1. The molecule has 0 unspecified atom stereocenters. The molecule has 1 aromatic rings. The first-order valence-electron chi connectivity index (χ1n) is 3.84. The standard InChI is InChI=1S/C8H7N.CHO.In/c9-7-6-8-4-2-1-3-5-8;1-2;/h1-4,6H,9H2;1H;. The Kier molecular flexibility index (Phi) is 1.97. The van der Waals surface area contributed by atoms with E-state index < -0.39 is 21.4 Å². The van der Waals surface area contributed by atoms with Gasteiger partial charge < -0.3 is 0 Å². The van der Waals surface area contributed by atoms with E-state index in [9.17, 15) is 4.79 Å². The Hall–Kier alpha value is -0.700. The van der Waals surface area contributed by atoms with Crippen LogP contribution in [0.5, 0.6) is 0 Å². The first kappa shape index (κ1) is 7.92. The van der Waals surface area contributed by atoms with Gasteiger partial charge in [-0.2, -0.15) is 0 Å². The molecule has 0 radical (unpaired) electrons. The third-order valence-electron chi connectivity index (χ3n) is 2.15. The minimum absolute atomic E-state index is 0.855. The summed E-state index contributed by atoms with van der Waals surface area (Å²) in [5.41, 5.74) is 6.92. The van der Waals surface area contributed by atoms with E-state index in [4.69, 9.17) is 5.73 Å². The van der Waals surface area contributed by atoms with Crippen LogP contribution in [0.25, 0.3) is 6.08 Å². The maximum absolute atomic E-state index is 10.8. The van der Waals surface area contributed by atoms with Crippen LogP contribution in [0.15, 0.2) is 27.7 Å². The summed E-state index contributed by atoms with van der Waals surface area (Å²) in [6.45, 7) is 0. The topological polar surface area (TPSA) is 43.1 Å². The van der Waals surface area contributed by atoms with E-state index in [1.54, 1.807) is 0 Å². The van der Waals surface area contributed by atoms with Gasteiger partial charge in [-0.05, 0) is 0 Å². The molecule has 12 heavy (non-hydrogen) atoms. The molecule has 58 valence electrons. The maximum atomic E-state index is 10.8. The predicted octanol–water partition coefficient (Wildman–Crippen LogP) is 0.0127. The summed E-state index contributed by atoms with van der Waals surface area (Å²) in [7, 11) is 0. The average molecular weight is 261 g/mol. The summed E-state index contributed by atoms with van der Waals surface area (Å²) in [6, 6.07) is 7.99. The van der Waals surface area contributed by atoms with Crippen molar-refractivity contribution < 1.29 is 4.79 Å². The van der Waals surface area contributed by atoms with Gasteiger partial charge in [-0.1, -0.05) is 0 Å². The molecule has 3 heteroatoms. The van der Waals surface area contributed by atoms with Gasteiger partial charge in [0.15, 0.2) is 0 Å². The molecule has 0 saturated carbocycles. The van der Waals surface area contributed by atoms with Crippen molar-refractivity contribution in [2.45, 2.75) is 0 Å². The fourth-order valence-corrected chi connectivity index (χ4v) is 6.89. The molecule has 0 atom stereocenters. The van der Waals surface area contributed by atoms with Crippen LogP contribution in [0, 0.1) is 0 Å². The molecule has 1 aromatic carbocycles. The number of carbonyl (C=O) groups excluding carboxylic acids is 1. The van der Waals surface area contributed by atoms with E-state index >= 15 is 0 Å². The first-order chi connectivity index (χ1) is 5.83. The number of nitrogens with two attached hydrogens (primary N) is 1. The molecule has 1 aliphatic rings. The predicted molar refractivity (Wildman–Crippen MR) is 50.7 cm³/mol. The summed E-state index contributed by atoms with van der Waals surface area (Å²) in [4.78, 5) is 10.8. The molecule has 0 saturated heterocycles. The Labute approximate surface area is 78.6 Å². The van der Waals surface area contributed by atoms with E-state index in [1.165, 1.54) is 3.32 Å². The van der Waals surface area contributed by atoms with Gasteiger partial charge in [0.2, 0.25) is 0 Å². The quantitative estimate of drug-likeness (QED) is 0.724. The fourth-order valence-electron chi connectivity index (χ4n) is 1.53. The van der Waals surface area contributed by atoms with Crippen molar-refractivity contribution in [3.8, 4) is 0 Å². The van der Waals surface area contributed by atoms with Crippen molar-refractivity contribution in [2.24, 2.45) is 5.73 Å². The van der Waals surface area contributed by atoms with E-state index in [-0.39, 0.29) is 0 Å². The van der Waals surface area contributed by atoms with E-state index in [2.05, 4.69) is 0 Å². The monoisotopic (exact) mass is 261 g/mol. The minimum atomic E-state index is -2.30. The zero-order chi connectivity index (χ0) is 8.55. The van der Waals surface area contributed by atoms with E-state index in [0.717, 1.165) is 13.1 Å². The van der Waals surface area contributed by atoms with Gasteiger partial charge in [-0.25, -0.2) is 0 Å². The van der Waals surface area contributed by atoms with Crippen LogP contribution < -0.4 is 9.05 Å². The first-order valence-corrected chi connectivity index (χ1v) is 9.04. The molecular weight excluding hydrogens is 253 g/mol. The number of fused-ring (bicyclic) bond motifs is 1. The van der Waals surface area contributed by atoms with E-state index in [1.807, 2.05) is 30.3 Å². The van der Waals surface area contributed by atoms with Crippen molar-refractivity contribution in [1.82, 2.24) is 0 Å². The molecule has 0 aromatic heterocycles. The third-order valence-corrected chi connectivity index (χ3v) is 8.86. The van der Waals surface area contributed by atoms with Gasteiger partial charge in [0.05, 0.1) is 0 Å². The van der Waals surface area contributed by atoms with Crippen LogP contribution in [0.1, 0.15) is 5.56 Å². The van der Waals surface area contributed by atoms with Gasteiger partial charge in [0.25, 0.3) is 0 Å². The molecule has 1 aliphatic heterocycles. The number of benzene rings is 1. The van der Waals surface area contributed by atoms with Gasteiger partial charge in [-0.15, -0.1) is 0 Å². The van der Waals surface area contributed by atoms with Gasteiger partial charge in [-0.3, -0.25) is 0 Å². The van der Waals surface area contributed by atoms with Crippen molar-refractivity contribution in [1.29, 1.82) is 0 Å². The molecule has 0 aliphatic carbocycles. The van der Waals surface area contributed by atoms with Crippen LogP contribution in [0.2, 0.25) is 0 Å². The third kappa shape index (κ3) is 1.09. The SMILES string of the molecule is N[C]1=Cc2cccc[c]2[In]1[CH]=O. The number of hydrogen-bond acceptors (Lipinski definition) is 2. The molecule has 0 bridgehead atoms.